The fraction of sp³-hybridized carbons (Fsp3) is 0.571. The molecule has 1 aliphatic rings. The summed E-state index contributed by atoms with van der Waals surface area (Å²) in [5.74, 6) is -3.67. The van der Waals surface area contributed by atoms with Gasteiger partial charge in [-0.15, -0.1) is 0 Å². The van der Waals surface area contributed by atoms with Gasteiger partial charge < -0.3 is 15.7 Å². The molecule has 2 aromatic rings. The normalized spacial score (nSPS) is 13.2. The average Bonchev–Trinajstić information content (AvgIpc) is 3.50. The molecule has 1 aliphatic heterocycles. The molecule has 14 heteroatoms. The number of hydrogen-bond acceptors (Lipinski definition) is 7. The number of aliphatic carboxylic acids is 1. The number of nitrogens with one attached hydrogen (secondary N) is 2. The van der Waals surface area contributed by atoms with Gasteiger partial charge in [0.15, 0.2) is 0 Å². The molecule has 0 bridgehead atoms. The SMILES string of the molecule is CCCCCCCCCCCCCCCCCCN(C(=O)C[C@@H](Nc1cccc(C(=O)NC2=NN(c3c(Cl)cc(Cl)cc3Cl)C(=O)C2)c1)C(=O)O)C(=O)C(C)C. The summed E-state index contributed by atoms with van der Waals surface area (Å²) in [5.41, 5.74) is 0.538. The van der Waals surface area contributed by atoms with Crippen LogP contribution in [0.15, 0.2) is 41.5 Å². The van der Waals surface area contributed by atoms with Crippen molar-refractivity contribution in [2.75, 3.05) is 16.9 Å². The summed E-state index contributed by atoms with van der Waals surface area (Å²) >= 11 is 18.5. The molecular weight excluding hydrogens is 777 g/mol. The molecule has 308 valence electrons. The van der Waals surface area contributed by atoms with E-state index in [2.05, 4.69) is 22.7 Å². The highest BCUT2D eigenvalue weighted by Crippen LogP contribution is 2.38. The smallest absolute Gasteiger partial charge is 0.326 e. The minimum absolute atomic E-state index is 0.0497. The number of rotatable bonds is 25. The third-order valence-electron chi connectivity index (χ3n) is 9.67. The van der Waals surface area contributed by atoms with Crippen LogP contribution in [0, 0.1) is 5.92 Å². The topological polar surface area (TPSA) is 148 Å². The third kappa shape index (κ3) is 15.7. The van der Waals surface area contributed by atoms with Crippen molar-refractivity contribution in [1.82, 2.24) is 10.2 Å². The Morgan fingerprint density at radius 3 is 1.88 bits per heavy atom. The predicted octanol–water partition coefficient (Wildman–Crippen LogP) is 10.7. The number of carboxylic acid groups (broad SMARTS) is 1. The molecule has 0 saturated heterocycles. The maximum atomic E-state index is 13.4. The van der Waals surface area contributed by atoms with E-state index in [0.717, 1.165) is 24.3 Å². The number of amides is 4. The van der Waals surface area contributed by atoms with Crippen molar-refractivity contribution in [1.29, 1.82) is 0 Å². The largest absolute Gasteiger partial charge is 0.480 e. The second-order valence-electron chi connectivity index (χ2n) is 14.8. The number of imide groups is 1. The van der Waals surface area contributed by atoms with Crippen LogP contribution >= 0.6 is 34.8 Å². The van der Waals surface area contributed by atoms with Crippen LogP contribution in [0.25, 0.3) is 0 Å². The van der Waals surface area contributed by atoms with Gasteiger partial charge in [0.25, 0.3) is 11.8 Å². The van der Waals surface area contributed by atoms with E-state index >= 15 is 0 Å². The summed E-state index contributed by atoms with van der Waals surface area (Å²) in [5, 5.41) is 21.1. The quantitative estimate of drug-likeness (QED) is 0.0843. The van der Waals surface area contributed by atoms with Crippen LogP contribution in [0.4, 0.5) is 11.4 Å². The second kappa shape index (κ2) is 24.9. The van der Waals surface area contributed by atoms with Crippen molar-refractivity contribution in [2.24, 2.45) is 11.0 Å². The van der Waals surface area contributed by atoms with Gasteiger partial charge in [-0.05, 0) is 36.8 Å². The molecule has 0 spiro atoms. The fourth-order valence-corrected chi connectivity index (χ4v) is 7.51. The van der Waals surface area contributed by atoms with Gasteiger partial charge in [-0.1, -0.05) is 158 Å². The number of anilines is 2. The maximum absolute atomic E-state index is 13.4. The number of carboxylic acids is 1. The molecule has 0 unspecified atom stereocenters. The van der Waals surface area contributed by atoms with Crippen molar-refractivity contribution in [2.45, 2.75) is 142 Å². The molecule has 0 fully saturated rings. The summed E-state index contributed by atoms with van der Waals surface area (Å²) in [6.07, 6.45) is 18.7. The number of hydrazone groups is 1. The third-order valence-corrected chi connectivity index (χ3v) is 10.5. The number of nitrogens with zero attached hydrogens (tertiary/aromatic N) is 3. The van der Waals surface area contributed by atoms with Gasteiger partial charge in [0, 0.05) is 28.7 Å². The van der Waals surface area contributed by atoms with E-state index < -0.39 is 42.1 Å². The van der Waals surface area contributed by atoms with Gasteiger partial charge in [-0.25, -0.2) is 4.79 Å². The number of carbonyl (C=O) groups is 5. The Morgan fingerprint density at radius 1 is 0.821 bits per heavy atom. The standard InChI is InChI=1S/C42H58Cl3N5O6/c1-4-5-6-7-8-9-10-11-12-13-14-15-16-17-18-19-23-49(41(54)29(2)3)37(51)27-35(42(55)56)46-32-22-20-21-30(24-32)40(53)47-36-28-38(52)50(48-36)39-33(44)25-31(43)26-34(39)45/h20-22,24-26,29,35,46H,4-19,23,27-28H2,1-3H3,(H,55,56)(H,47,48,53)/t35-/m1/s1. The summed E-state index contributed by atoms with van der Waals surface area (Å²) < 4.78 is 0. The molecule has 0 aromatic heterocycles. The number of amidine groups is 1. The van der Waals surface area contributed by atoms with Gasteiger partial charge in [0.1, 0.15) is 17.6 Å². The van der Waals surface area contributed by atoms with Crippen LogP contribution in [-0.2, 0) is 19.2 Å². The molecule has 0 radical (unpaired) electrons. The van der Waals surface area contributed by atoms with Crippen molar-refractivity contribution in [3.8, 4) is 0 Å². The van der Waals surface area contributed by atoms with Crippen molar-refractivity contribution in [3.63, 3.8) is 0 Å². The molecular formula is C42H58Cl3N5O6. The first-order chi connectivity index (χ1) is 26.8. The molecule has 1 heterocycles. The summed E-state index contributed by atoms with van der Waals surface area (Å²) in [6, 6.07) is 7.51. The maximum Gasteiger partial charge on any atom is 0.326 e. The van der Waals surface area contributed by atoms with E-state index in [1.54, 1.807) is 26.0 Å². The van der Waals surface area contributed by atoms with Crippen molar-refractivity contribution >= 4 is 81.6 Å². The first-order valence-electron chi connectivity index (χ1n) is 20.1. The number of carbonyl (C=O) groups excluding carboxylic acids is 4. The van der Waals surface area contributed by atoms with E-state index in [-0.39, 0.29) is 56.7 Å². The Morgan fingerprint density at radius 2 is 1.36 bits per heavy atom. The van der Waals surface area contributed by atoms with Crippen LogP contribution in [0.1, 0.15) is 147 Å². The zero-order chi connectivity index (χ0) is 41.0. The molecule has 56 heavy (non-hydrogen) atoms. The number of hydrogen-bond donors (Lipinski definition) is 3. The van der Waals surface area contributed by atoms with Crippen LogP contribution in [0.3, 0.4) is 0 Å². The minimum Gasteiger partial charge on any atom is -0.480 e. The molecule has 4 amide bonds. The van der Waals surface area contributed by atoms with Crippen LogP contribution < -0.4 is 15.6 Å². The summed E-state index contributed by atoms with van der Waals surface area (Å²) in [6.45, 7) is 5.91. The Bertz CT molecular complexity index is 1650. The van der Waals surface area contributed by atoms with Crippen LogP contribution in [-0.4, -0.2) is 58.0 Å². The van der Waals surface area contributed by atoms with E-state index in [1.807, 2.05) is 0 Å². The highest BCUT2D eigenvalue weighted by molar-refractivity contribution is 6.42. The van der Waals surface area contributed by atoms with Gasteiger partial charge in [0.05, 0.1) is 22.9 Å². The summed E-state index contributed by atoms with van der Waals surface area (Å²) in [7, 11) is 0. The van der Waals surface area contributed by atoms with Gasteiger partial charge in [-0.2, -0.15) is 10.1 Å². The molecule has 0 saturated carbocycles. The van der Waals surface area contributed by atoms with Crippen molar-refractivity contribution < 1.29 is 29.1 Å². The number of unbranched alkanes of at least 4 members (excludes halogenated alkanes) is 15. The highest BCUT2D eigenvalue weighted by Gasteiger charge is 2.31. The fourth-order valence-electron chi connectivity index (χ4n) is 6.54. The lowest BCUT2D eigenvalue weighted by atomic mass is 10.0. The second-order valence-corrected chi connectivity index (χ2v) is 16.0. The molecule has 3 rings (SSSR count). The molecule has 0 aliphatic carbocycles. The lowest BCUT2D eigenvalue weighted by Crippen LogP contribution is -2.44. The zero-order valence-electron chi connectivity index (χ0n) is 33.0. The van der Waals surface area contributed by atoms with Crippen molar-refractivity contribution in [3.05, 3.63) is 57.0 Å². The number of benzene rings is 2. The summed E-state index contributed by atoms with van der Waals surface area (Å²) in [4.78, 5) is 65.9. The zero-order valence-corrected chi connectivity index (χ0v) is 35.3. The van der Waals surface area contributed by atoms with Crippen LogP contribution in [0.2, 0.25) is 15.1 Å². The van der Waals surface area contributed by atoms with Gasteiger partial charge >= 0.3 is 5.97 Å². The predicted molar refractivity (Wildman–Crippen MR) is 226 cm³/mol. The Hall–Kier alpha value is -3.67. The highest BCUT2D eigenvalue weighted by atomic mass is 35.5. The minimum atomic E-state index is -1.37. The van der Waals surface area contributed by atoms with Gasteiger partial charge in [-0.3, -0.25) is 24.1 Å². The number of halogens is 3. The van der Waals surface area contributed by atoms with Gasteiger partial charge in [0.2, 0.25) is 11.8 Å². The Kier molecular flexibility index (Phi) is 20.7. The van der Waals surface area contributed by atoms with E-state index in [0.29, 0.717) is 6.42 Å². The molecule has 11 nitrogen and oxygen atoms in total. The average molecular weight is 835 g/mol. The molecule has 3 N–H and O–H groups in total. The first kappa shape index (κ1) is 46.7. The Labute approximate surface area is 346 Å². The molecule has 2 aromatic carbocycles. The van der Waals surface area contributed by atoms with E-state index in [9.17, 15) is 29.1 Å². The molecule has 1 atom stereocenters. The van der Waals surface area contributed by atoms with E-state index in [1.165, 1.54) is 106 Å². The van der Waals surface area contributed by atoms with Crippen LogP contribution in [0.5, 0.6) is 0 Å². The lowest BCUT2D eigenvalue weighted by molar-refractivity contribution is -0.149. The Balaban J connectivity index is 1.48. The van der Waals surface area contributed by atoms with E-state index in [4.69, 9.17) is 34.8 Å². The monoisotopic (exact) mass is 833 g/mol. The lowest BCUT2D eigenvalue weighted by Gasteiger charge is -2.25. The first-order valence-corrected chi connectivity index (χ1v) is 21.3.